The standard InChI is InChI=1S/C15H14NO3/c1-19-15(18)13-7-5-6-12(10-13)14(17)11-16-8-3-2-4-9-16/h2-10H,11H2,1H3/q+1. The molecule has 0 N–H and O–H groups in total. The maximum absolute atomic E-state index is 12.1. The summed E-state index contributed by atoms with van der Waals surface area (Å²) in [6, 6.07) is 12.2. The van der Waals surface area contributed by atoms with E-state index in [9.17, 15) is 9.59 Å². The second-order valence-corrected chi connectivity index (χ2v) is 4.04. The van der Waals surface area contributed by atoms with Crippen LogP contribution in [0.1, 0.15) is 20.7 Å². The Labute approximate surface area is 111 Å². The summed E-state index contributed by atoms with van der Waals surface area (Å²) in [5.41, 5.74) is 0.880. The molecule has 1 aromatic carbocycles. The van der Waals surface area contributed by atoms with E-state index in [1.165, 1.54) is 7.11 Å². The number of aromatic nitrogens is 1. The Morgan fingerprint density at radius 1 is 1.05 bits per heavy atom. The van der Waals surface area contributed by atoms with Crippen LogP contribution in [0.15, 0.2) is 54.9 Å². The van der Waals surface area contributed by atoms with E-state index in [4.69, 9.17) is 0 Å². The quantitative estimate of drug-likeness (QED) is 0.474. The number of esters is 1. The molecule has 19 heavy (non-hydrogen) atoms. The molecule has 4 heteroatoms. The molecule has 0 atom stereocenters. The van der Waals surface area contributed by atoms with Gasteiger partial charge in [-0.3, -0.25) is 4.79 Å². The van der Waals surface area contributed by atoms with Crippen molar-refractivity contribution in [2.45, 2.75) is 6.54 Å². The Hall–Kier alpha value is -2.49. The molecule has 2 aromatic rings. The van der Waals surface area contributed by atoms with Crippen LogP contribution in [0.3, 0.4) is 0 Å². The Morgan fingerprint density at radius 3 is 2.42 bits per heavy atom. The normalized spacial score (nSPS) is 9.95. The van der Waals surface area contributed by atoms with Gasteiger partial charge in [0, 0.05) is 17.7 Å². The van der Waals surface area contributed by atoms with Crippen LogP contribution < -0.4 is 4.57 Å². The van der Waals surface area contributed by atoms with Crippen LogP contribution in [0.2, 0.25) is 0 Å². The molecule has 96 valence electrons. The zero-order valence-electron chi connectivity index (χ0n) is 10.6. The Balaban J connectivity index is 2.18. The molecule has 0 aliphatic carbocycles. The smallest absolute Gasteiger partial charge is 0.337 e. The zero-order chi connectivity index (χ0) is 13.7. The highest BCUT2D eigenvalue weighted by molar-refractivity contribution is 5.98. The number of ketones is 1. The minimum absolute atomic E-state index is 0.0537. The molecule has 0 unspecified atom stereocenters. The highest BCUT2D eigenvalue weighted by Gasteiger charge is 2.14. The van der Waals surface area contributed by atoms with Crippen LogP contribution in [-0.2, 0) is 11.3 Å². The van der Waals surface area contributed by atoms with E-state index < -0.39 is 5.97 Å². The average Bonchev–Trinajstić information content (AvgIpc) is 2.47. The van der Waals surface area contributed by atoms with Crippen molar-refractivity contribution >= 4 is 11.8 Å². The van der Waals surface area contributed by atoms with Gasteiger partial charge in [0.05, 0.1) is 12.7 Å². The van der Waals surface area contributed by atoms with Gasteiger partial charge in [-0.05, 0) is 12.1 Å². The van der Waals surface area contributed by atoms with E-state index in [1.54, 1.807) is 28.8 Å². The van der Waals surface area contributed by atoms with Crippen molar-refractivity contribution in [2.75, 3.05) is 7.11 Å². The lowest BCUT2D eigenvalue weighted by Gasteiger charge is -2.02. The van der Waals surface area contributed by atoms with Crippen LogP contribution in [0.4, 0.5) is 0 Å². The van der Waals surface area contributed by atoms with Gasteiger partial charge in [-0.25, -0.2) is 4.79 Å². The third kappa shape index (κ3) is 3.25. The first-order valence-corrected chi connectivity index (χ1v) is 5.86. The molecule has 1 aromatic heterocycles. The lowest BCUT2D eigenvalue weighted by molar-refractivity contribution is -0.683. The van der Waals surface area contributed by atoms with Gasteiger partial charge in [-0.1, -0.05) is 18.2 Å². The second kappa shape index (κ2) is 5.91. The van der Waals surface area contributed by atoms with Gasteiger partial charge < -0.3 is 4.74 Å². The zero-order valence-corrected chi connectivity index (χ0v) is 10.6. The van der Waals surface area contributed by atoms with Crippen LogP contribution in [0.25, 0.3) is 0 Å². The minimum atomic E-state index is -0.443. The number of pyridine rings is 1. The van der Waals surface area contributed by atoms with Gasteiger partial charge in [-0.15, -0.1) is 0 Å². The molecule has 0 saturated heterocycles. The summed E-state index contributed by atoms with van der Waals surface area (Å²) in [6.45, 7) is 0.242. The van der Waals surface area contributed by atoms with Gasteiger partial charge in [0.25, 0.3) is 0 Å². The van der Waals surface area contributed by atoms with Gasteiger partial charge in [0.2, 0.25) is 12.3 Å². The Morgan fingerprint density at radius 2 is 1.74 bits per heavy atom. The highest BCUT2D eigenvalue weighted by Crippen LogP contribution is 2.07. The summed E-state index contributed by atoms with van der Waals surface area (Å²) in [7, 11) is 1.32. The molecule has 0 aliphatic rings. The fourth-order valence-corrected chi connectivity index (χ4v) is 1.73. The number of rotatable bonds is 4. The SMILES string of the molecule is COC(=O)c1cccc(C(=O)C[n+]2ccccc2)c1. The van der Waals surface area contributed by atoms with Crippen molar-refractivity contribution < 1.29 is 18.9 Å². The number of carbonyl (C=O) groups excluding carboxylic acids is 2. The summed E-state index contributed by atoms with van der Waals surface area (Å²) >= 11 is 0. The number of Topliss-reactive ketones (excluding diaryl/α,β-unsaturated/α-hetero) is 1. The van der Waals surface area contributed by atoms with Gasteiger partial charge >= 0.3 is 5.97 Å². The van der Waals surface area contributed by atoms with Crippen molar-refractivity contribution in [2.24, 2.45) is 0 Å². The third-order valence-electron chi connectivity index (χ3n) is 2.71. The van der Waals surface area contributed by atoms with E-state index in [1.807, 2.05) is 30.6 Å². The molecule has 0 amide bonds. The first kappa shape index (κ1) is 13.0. The summed E-state index contributed by atoms with van der Waals surface area (Å²) in [6.07, 6.45) is 3.64. The molecular formula is C15H14NO3+. The fraction of sp³-hybridized carbons (Fsp3) is 0.133. The molecule has 2 rings (SSSR count). The molecule has 0 spiro atoms. The Bertz CT molecular complexity index is 593. The third-order valence-corrected chi connectivity index (χ3v) is 2.71. The van der Waals surface area contributed by atoms with Gasteiger partial charge in [-0.2, -0.15) is 4.57 Å². The highest BCUT2D eigenvalue weighted by atomic mass is 16.5. The second-order valence-electron chi connectivity index (χ2n) is 4.04. The van der Waals surface area contributed by atoms with E-state index in [2.05, 4.69) is 4.74 Å². The number of methoxy groups -OCH3 is 1. The van der Waals surface area contributed by atoms with E-state index in [0.717, 1.165) is 0 Å². The van der Waals surface area contributed by atoms with Crippen molar-refractivity contribution in [3.63, 3.8) is 0 Å². The van der Waals surface area contributed by atoms with Crippen LogP contribution in [0.5, 0.6) is 0 Å². The molecule has 0 saturated carbocycles. The predicted molar refractivity (Wildman–Crippen MR) is 68.7 cm³/mol. The number of ether oxygens (including phenoxy) is 1. The largest absolute Gasteiger partial charge is 0.465 e. The molecular weight excluding hydrogens is 242 g/mol. The number of hydrogen-bond acceptors (Lipinski definition) is 3. The molecule has 4 nitrogen and oxygen atoms in total. The van der Waals surface area contributed by atoms with E-state index >= 15 is 0 Å². The first-order valence-electron chi connectivity index (χ1n) is 5.86. The average molecular weight is 256 g/mol. The van der Waals surface area contributed by atoms with Crippen molar-refractivity contribution in [1.29, 1.82) is 0 Å². The topological polar surface area (TPSA) is 47.3 Å². The molecule has 1 heterocycles. The summed E-state index contributed by atoms with van der Waals surface area (Å²) in [5, 5.41) is 0. The van der Waals surface area contributed by atoms with Gasteiger partial charge in [0.1, 0.15) is 0 Å². The van der Waals surface area contributed by atoms with Crippen LogP contribution in [-0.4, -0.2) is 18.9 Å². The number of carbonyl (C=O) groups is 2. The maximum atomic E-state index is 12.1. The van der Waals surface area contributed by atoms with Gasteiger partial charge in [0.15, 0.2) is 12.4 Å². The summed E-state index contributed by atoms with van der Waals surface area (Å²) < 4.78 is 6.42. The maximum Gasteiger partial charge on any atom is 0.337 e. The van der Waals surface area contributed by atoms with Crippen molar-refractivity contribution in [3.05, 3.63) is 66.0 Å². The monoisotopic (exact) mass is 256 g/mol. The van der Waals surface area contributed by atoms with Crippen LogP contribution in [0, 0.1) is 0 Å². The summed E-state index contributed by atoms with van der Waals surface area (Å²) in [4.78, 5) is 23.5. The van der Waals surface area contributed by atoms with Crippen molar-refractivity contribution in [1.82, 2.24) is 0 Å². The van der Waals surface area contributed by atoms with E-state index in [-0.39, 0.29) is 12.3 Å². The number of benzene rings is 1. The molecule has 0 aliphatic heterocycles. The fourth-order valence-electron chi connectivity index (χ4n) is 1.73. The van der Waals surface area contributed by atoms with E-state index in [0.29, 0.717) is 11.1 Å². The Kier molecular flexibility index (Phi) is 4.03. The first-order chi connectivity index (χ1) is 9.20. The predicted octanol–water partition coefficient (Wildman–Crippen LogP) is 1.64. The number of nitrogens with zero attached hydrogens (tertiary/aromatic N) is 1. The minimum Gasteiger partial charge on any atom is -0.465 e. The molecule has 0 fully saturated rings. The summed E-state index contributed by atoms with van der Waals surface area (Å²) in [5.74, 6) is -0.496. The van der Waals surface area contributed by atoms with Crippen LogP contribution >= 0.6 is 0 Å². The lowest BCUT2D eigenvalue weighted by atomic mass is 10.1. The molecule has 0 radical (unpaired) electrons. The van der Waals surface area contributed by atoms with Crippen molar-refractivity contribution in [3.8, 4) is 0 Å². The lowest BCUT2D eigenvalue weighted by Crippen LogP contribution is -2.36. The number of hydrogen-bond donors (Lipinski definition) is 0. The molecule has 0 bridgehead atoms.